The normalized spacial score (nSPS) is 11.4. The minimum Gasteiger partial charge on any atom is -0.300 e. The summed E-state index contributed by atoms with van der Waals surface area (Å²) in [7, 11) is 0. The van der Waals surface area contributed by atoms with Gasteiger partial charge in [0.15, 0.2) is 0 Å². The molecule has 0 saturated carbocycles. The van der Waals surface area contributed by atoms with Gasteiger partial charge in [-0.1, -0.05) is 224 Å². The molecule has 0 amide bonds. The highest BCUT2D eigenvalue weighted by molar-refractivity contribution is 6.14. The maximum absolute atomic E-state index is 9.06. The Balaban J connectivity index is 1.02. The number of pyridine rings is 1. The van der Waals surface area contributed by atoms with Crippen molar-refractivity contribution in [1.29, 1.82) is 5.41 Å². The molecular formula is C60H42N2. The zero-order valence-corrected chi connectivity index (χ0v) is 34.1. The number of hydrogen-bond acceptors (Lipinski definition) is 2. The number of aromatic nitrogens is 1. The maximum Gasteiger partial charge on any atom is 0.0715 e. The molecule has 1 aromatic heterocycles. The van der Waals surface area contributed by atoms with Gasteiger partial charge in [0, 0.05) is 11.1 Å². The molecule has 62 heavy (non-hydrogen) atoms. The minimum absolute atomic E-state index is 0.476. The fourth-order valence-corrected chi connectivity index (χ4v) is 8.24. The van der Waals surface area contributed by atoms with Crippen LogP contribution in [-0.4, -0.2) is 10.7 Å². The van der Waals surface area contributed by atoms with E-state index in [0.29, 0.717) is 5.71 Å². The zero-order valence-electron chi connectivity index (χ0n) is 34.1. The van der Waals surface area contributed by atoms with Gasteiger partial charge in [-0.2, -0.15) is 0 Å². The third-order valence-electron chi connectivity index (χ3n) is 11.6. The number of fused-ring (bicyclic) bond motifs is 1. The molecule has 10 rings (SSSR count). The van der Waals surface area contributed by atoms with E-state index in [-0.39, 0.29) is 0 Å². The summed E-state index contributed by atoms with van der Waals surface area (Å²) in [4.78, 5) is 5.26. The first-order valence-electron chi connectivity index (χ1n) is 21.0. The van der Waals surface area contributed by atoms with Gasteiger partial charge in [-0.05, 0) is 102 Å². The molecule has 0 aliphatic heterocycles. The number of nitrogens with one attached hydrogen (secondary N) is 1. The van der Waals surface area contributed by atoms with Crippen LogP contribution in [0.15, 0.2) is 249 Å². The van der Waals surface area contributed by atoms with E-state index >= 15 is 0 Å². The number of rotatable bonds is 10. The Bertz CT molecular complexity index is 3070. The first-order valence-corrected chi connectivity index (χ1v) is 21.0. The molecule has 0 bridgehead atoms. The van der Waals surface area contributed by atoms with Crippen LogP contribution in [0.3, 0.4) is 0 Å². The lowest BCUT2D eigenvalue weighted by atomic mass is 9.90. The molecule has 2 heteroatoms. The van der Waals surface area contributed by atoms with Gasteiger partial charge in [-0.3, -0.25) is 0 Å². The van der Waals surface area contributed by atoms with Crippen LogP contribution in [0.1, 0.15) is 16.7 Å². The average Bonchev–Trinajstić information content (AvgIpc) is 3.36. The molecule has 0 unspecified atom stereocenters. The smallest absolute Gasteiger partial charge is 0.0715 e. The van der Waals surface area contributed by atoms with Crippen LogP contribution >= 0.6 is 0 Å². The lowest BCUT2D eigenvalue weighted by molar-refractivity contribution is 1.32. The molecule has 0 saturated heterocycles. The van der Waals surface area contributed by atoms with Crippen molar-refractivity contribution in [3.63, 3.8) is 0 Å². The topological polar surface area (TPSA) is 36.7 Å². The molecule has 0 spiro atoms. The quantitative estimate of drug-likeness (QED) is 0.138. The van der Waals surface area contributed by atoms with E-state index in [1.54, 1.807) is 0 Å². The van der Waals surface area contributed by atoms with Crippen molar-refractivity contribution in [2.24, 2.45) is 0 Å². The van der Waals surface area contributed by atoms with Crippen LogP contribution in [0.4, 0.5) is 0 Å². The molecule has 9 aromatic carbocycles. The third kappa shape index (κ3) is 8.06. The highest BCUT2D eigenvalue weighted by atomic mass is 14.7. The molecule has 0 fully saturated rings. The van der Waals surface area contributed by atoms with Crippen LogP contribution in [0.25, 0.3) is 83.4 Å². The Morgan fingerprint density at radius 3 is 1.24 bits per heavy atom. The lowest BCUT2D eigenvalue weighted by Crippen LogP contribution is -1.98. The van der Waals surface area contributed by atoms with E-state index in [4.69, 9.17) is 10.4 Å². The molecule has 10 aromatic rings. The van der Waals surface area contributed by atoms with E-state index in [9.17, 15) is 0 Å². The van der Waals surface area contributed by atoms with Crippen LogP contribution in [0, 0.1) is 5.41 Å². The summed E-state index contributed by atoms with van der Waals surface area (Å²) < 4.78 is 0. The standard InChI is InChI=1S/C60H42N2/c61-58(50-20-11-4-12-21-50)41-57(48-18-9-3-10-19-48)55-23-13-22-49-32-37-53(38-56(49)55)46-24-26-47(27-25-46)54-39-59(51-33-28-44(29-34-51)42-14-5-1-6-15-42)62-60(40-54)52-35-30-45(31-36-52)43-16-7-2-8-17-43/h1-41,61H/b57-41-,61-58?. The number of nitrogens with zero attached hydrogens (tertiary/aromatic N) is 1. The van der Waals surface area contributed by atoms with Gasteiger partial charge in [0.1, 0.15) is 0 Å². The molecule has 0 radical (unpaired) electrons. The van der Waals surface area contributed by atoms with Gasteiger partial charge in [0.05, 0.1) is 17.1 Å². The highest BCUT2D eigenvalue weighted by Gasteiger charge is 2.14. The maximum atomic E-state index is 9.06. The van der Waals surface area contributed by atoms with Crippen LogP contribution in [-0.2, 0) is 0 Å². The zero-order chi connectivity index (χ0) is 41.7. The van der Waals surface area contributed by atoms with Gasteiger partial charge in [0.2, 0.25) is 0 Å². The summed E-state index contributed by atoms with van der Waals surface area (Å²) in [6, 6.07) is 85.3. The second kappa shape index (κ2) is 17.2. The SMILES string of the molecule is N=C(/C=C(/c1ccccc1)c1cccc2ccc(-c3ccc(-c4cc(-c5ccc(-c6ccccc6)cc5)nc(-c5ccc(-c6ccccc6)cc5)c4)cc3)cc12)c1ccccc1. The van der Waals surface area contributed by atoms with Crippen molar-refractivity contribution in [1.82, 2.24) is 4.98 Å². The second-order valence-electron chi connectivity index (χ2n) is 15.5. The Kier molecular flexibility index (Phi) is 10.5. The summed E-state index contributed by atoms with van der Waals surface area (Å²) in [6.45, 7) is 0. The van der Waals surface area contributed by atoms with E-state index in [1.165, 1.54) is 22.3 Å². The van der Waals surface area contributed by atoms with E-state index < -0.39 is 0 Å². The van der Waals surface area contributed by atoms with Gasteiger partial charge in [-0.15, -0.1) is 0 Å². The Labute approximate surface area is 363 Å². The molecule has 292 valence electrons. The molecule has 1 N–H and O–H groups in total. The monoisotopic (exact) mass is 790 g/mol. The van der Waals surface area contributed by atoms with Gasteiger partial charge >= 0.3 is 0 Å². The van der Waals surface area contributed by atoms with Crippen molar-refractivity contribution >= 4 is 22.1 Å². The number of benzene rings is 9. The Morgan fingerprint density at radius 1 is 0.323 bits per heavy atom. The third-order valence-corrected chi connectivity index (χ3v) is 11.6. The second-order valence-corrected chi connectivity index (χ2v) is 15.5. The average molecular weight is 791 g/mol. The molecular weight excluding hydrogens is 749 g/mol. The predicted molar refractivity (Wildman–Crippen MR) is 261 cm³/mol. The van der Waals surface area contributed by atoms with E-state index in [1.807, 2.05) is 54.6 Å². The first kappa shape index (κ1) is 38.0. The van der Waals surface area contributed by atoms with Crippen molar-refractivity contribution in [2.75, 3.05) is 0 Å². The lowest BCUT2D eigenvalue weighted by Gasteiger charge is -2.14. The molecule has 0 atom stereocenters. The van der Waals surface area contributed by atoms with Crippen molar-refractivity contribution in [2.45, 2.75) is 0 Å². The summed E-state index contributed by atoms with van der Waals surface area (Å²) in [6.07, 6.45) is 2.01. The van der Waals surface area contributed by atoms with Gasteiger partial charge in [0.25, 0.3) is 0 Å². The number of hydrogen-bond donors (Lipinski definition) is 1. The first-order chi connectivity index (χ1) is 30.6. The predicted octanol–water partition coefficient (Wildman–Crippen LogP) is 15.7. The van der Waals surface area contributed by atoms with Crippen molar-refractivity contribution in [3.8, 4) is 67.0 Å². The Hall–Kier alpha value is -8.20. The summed E-state index contributed by atoms with van der Waals surface area (Å²) in [5, 5.41) is 11.4. The number of allylic oxidation sites excluding steroid dienone is 1. The largest absolute Gasteiger partial charge is 0.300 e. The fourth-order valence-electron chi connectivity index (χ4n) is 8.24. The highest BCUT2D eigenvalue weighted by Crippen LogP contribution is 2.36. The van der Waals surface area contributed by atoms with Crippen LogP contribution in [0.2, 0.25) is 0 Å². The summed E-state index contributed by atoms with van der Waals surface area (Å²) in [5.74, 6) is 0. The fraction of sp³-hybridized carbons (Fsp3) is 0. The van der Waals surface area contributed by atoms with E-state index in [2.05, 4.69) is 194 Å². The summed E-state index contributed by atoms with van der Waals surface area (Å²) >= 11 is 0. The molecule has 0 aliphatic carbocycles. The van der Waals surface area contributed by atoms with Crippen LogP contribution in [0.5, 0.6) is 0 Å². The van der Waals surface area contributed by atoms with Gasteiger partial charge < -0.3 is 5.41 Å². The molecule has 1 heterocycles. The van der Waals surface area contributed by atoms with E-state index in [0.717, 1.165) is 77.8 Å². The van der Waals surface area contributed by atoms with Crippen molar-refractivity contribution < 1.29 is 0 Å². The minimum atomic E-state index is 0.476. The Morgan fingerprint density at radius 2 is 0.726 bits per heavy atom. The van der Waals surface area contributed by atoms with Crippen LogP contribution < -0.4 is 0 Å². The molecule has 0 aliphatic rings. The molecule has 2 nitrogen and oxygen atoms in total. The van der Waals surface area contributed by atoms with Crippen molar-refractivity contribution in [3.05, 3.63) is 265 Å². The van der Waals surface area contributed by atoms with Gasteiger partial charge in [-0.25, -0.2) is 4.98 Å². The summed E-state index contributed by atoms with van der Waals surface area (Å²) in [5.41, 5.74) is 17.8.